The van der Waals surface area contributed by atoms with Crippen molar-refractivity contribution in [2.24, 2.45) is 0 Å². The van der Waals surface area contributed by atoms with E-state index in [1.165, 1.54) is 0 Å². The first-order chi connectivity index (χ1) is 9.69. The molecule has 112 valence electrons. The van der Waals surface area contributed by atoms with Crippen LogP contribution in [0.15, 0.2) is 18.2 Å². The summed E-state index contributed by atoms with van der Waals surface area (Å²) in [6.45, 7) is 6.28. The molecule has 0 heterocycles. The predicted molar refractivity (Wildman–Crippen MR) is 83.4 cm³/mol. The Labute approximate surface area is 121 Å². The fourth-order valence-electron chi connectivity index (χ4n) is 1.88. The molecule has 2 N–H and O–H groups in total. The van der Waals surface area contributed by atoms with Gasteiger partial charge in [-0.25, -0.2) is 0 Å². The van der Waals surface area contributed by atoms with Crippen molar-refractivity contribution in [3.63, 3.8) is 0 Å². The van der Waals surface area contributed by atoms with E-state index in [4.69, 9.17) is 4.74 Å². The molecule has 1 aromatic rings. The van der Waals surface area contributed by atoms with Gasteiger partial charge in [-0.15, -0.1) is 0 Å². The highest BCUT2D eigenvalue weighted by atomic mass is 16.5. The van der Waals surface area contributed by atoms with Gasteiger partial charge >= 0.3 is 0 Å². The normalized spacial score (nSPS) is 10.3. The summed E-state index contributed by atoms with van der Waals surface area (Å²) in [6.07, 6.45) is 3.09. The number of hydrogen-bond acceptors (Lipinski definition) is 3. The number of anilines is 1. The standard InChI is InChI=1S/C16H26N2O2/c1-4-5-10-20-11-6-9-18-16(19)14-12-13(2)7-8-15(14)17-3/h7-8,12,17H,4-6,9-11H2,1-3H3,(H,18,19). The first-order valence-electron chi connectivity index (χ1n) is 7.33. The quantitative estimate of drug-likeness (QED) is 0.683. The molecule has 0 saturated heterocycles. The number of hydrogen-bond donors (Lipinski definition) is 2. The molecule has 0 aromatic heterocycles. The summed E-state index contributed by atoms with van der Waals surface area (Å²) >= 11 is 0. The maximum absolute atomic E-state index is 12.1. The summed E-state index contributed by atoms with van der Waals surface area (Å²) in [5.41, 5.74) is 2.63. The molecule has 0 bridgehead atoms. The Kier molecular flexibility index (Phi) is 7.73. The van der Waals surface area contributed by atoms with Crippen LogP contribution in [0.3, 0.4) is 0 Å². The van der Waals surface area contributed by atoms with Crippen LogP contribution >= 0.6 is 0 Å². The summed E-state index contributed by atoms with van der Waals surface area (Å²) in [7, 11) is 1.82. The van der Waals surface area contributed by atoms with E-state index < -0.39 is 0 Å². The van der Waals surface area contributed by atoms with Crippen molar-refractivity contribution in [2.45, 2.75) is 33.1 Å². The third kappa shape index (κ3) is 5.61. The summed E-state index contributed by atoms with van der Waals surface area (Å²) in [5.74, 6) is -0.0355. The second-order valence-corrected chi connectivity index (χ2v) is 4.87. The molecule has 4 heteroatoms. The number of rotatable bonds is 9. The number of nitrogens with one attached hydrogen (secondary N) is 2. The SMILES string of the molecule is CCCCOCCCNC(=O)c1cc(C)ccc1NC. The molecule has 0 aliphatic heterocycles. The van der Waals surface area contributed by atoms with Crippen LogP contribution in [0.25, 0.3) is 0 Å². The van der Waals surface area contributed by atoms with Crippen molar-refractivity contribution >= 4 is 11.6 Å². The van der Waals surface area contributed by atoms with E-state index in [-0.39, 0.29) is 5.91 Å². The number of carbonyl (C=O) groups excluding carboxylic acids is 1. The second kappa shape index (κ2) is 9.37. The molecule has 0 radical (unpaired) electrons. The minimum absolute atomic E-state index is 0.0355. The van der Waals surface area contributed by atoms with Gasteiger partial charge in [-0.2, -0.15) is 0 Å². The van der Waals surface area contributed by atoms with Gasteiger partial charge in [0, 0.05) is 32.5 Å². The minimum atomic E-state index is -0.0355. The fourth-order valence-corrected chi connectivity index (χ4v) is 1.88. The molecule has 4 nitrogen and oxygen atoms in total. The van der Waals surface area contributed by atoms with Gasteiger partial charge in [-0.3, -0.25) is 4.79 Å². The van der Waals surface area contributed by atoms with Crippen LogP contribution in [-0.4, -0.2) is 32.7 Å². The highest BCUT2D eigenvalue weighted by Gasteiger charge is 2.10. The van der Waals surface area contributed by atoms with Crippen LogP contribution in [0.1, 0.15) is 42.1 Å². The van der Waals surface area contributed by atoms with Gasteiger partial charge in [0.15, 0.2) is 0 Å². The number of unbranched alkanes of at least 4 members (excludes halogenated alkanes) is 1. The van der Waals surface area contributed by atoms with Crippen LogP contribution in [-0.2, 0) is 4.74 Å². The van der Waals surface area contributed by atoms with Crippen molar-refractivity contribution in [3.8, 4) is 0 Å². The van der Waals surface area contributed by atoms with Crippen LogP contribution in [0, 0.1) is 6.92 Å². The van der Waals surface area contributed by atoms with E-state index in [0.29, 0.717) is 18.7 Å². The van der Waals surface area contributed by atoms with Gasteiger partial charge < -0.3 is 15.4 Å². The van der Waals surface area contributed by atoms with Crippen molar-refractivity contribution in [1.29, 1.82) is 0 Å². The fraction of sp³-hybridized carbons (Fsp3) is 0.562. The van der Waals surface area contributed by atoms with Crippen LogP contribution in [0.2, 0.25) is 0 Å². The van der Waals surface area contributed by atoms with Gasteiger partial charge in [0.1, 0.15) is 0 Å². The number of amides is 1. The third-order valence-electron chi connectivity index (χ3n) is 3.08. The van der Waals surface area contributed by atoms with Crippen LogP contribution < -0.4 is 10.6 Å². The lowest BCUT2D eigenvalue weighted by Crippen LogP contribution is -2.26. The average molecular weight is 278 g/mol. The first-order valence-corrected chi connectivity index (χ1v) is 7.33. The molecule has 1 amide bonds. The lowest BCUT2D eigenvalue weighted by molar-refractivity contribution is 0.0941. The number of ether oxygens (including phenoxy) is 1. The Hall–Kier alpha value is -1.55. The molecule has 0 aliphatic carbocycles. The molecule has 0 atom stereocenters. The maximum atomic E-state index is 12.1. The Morgan fingerprint density at radius 3 is 2.70 bits per heavy atom. The molecular weight excluding hydrogens is 252 g/mol. The highest BCUT2D eigenvalue weighted by molar-refractivity contribution is 5.99. The van der Waals surface area contributed by atoms with E-state index >= 15 is 0 Å². The Morgan fingerprint density at radius 2 is 2.00 bits per heavy atom. The maximum Gasteiger partial charge on any atom is 0.253 e. The molecule has 0 aliphatic rings. The highest BCUT2D eigenvalue weighted by Crippen LogP contribution is 2.16. The molecule has 0 spiro atoms. The number of benzene rings is 1. The lowest BCUT2D eigenvalue weighted by atomic mass is 10.1. The molecule has 1 rings (SSSR count). The van der Waals surface area contributed by atoms with Crippen molar-refractivity contribution in [1.82, 2.24) is 5.32 Å². The van der Waals surface area contributed by atoms with Gasteiger partial charge in [0.05, 0.1) is 5.56 Å². The van der Waals surface area contributed by atoms with Crippen molar-refractivity contribution in [2.75, 3.05) is 32.1 Å². The van der Waals surface area contributed by atoms with E-state index in [0.717, 1.165) is 37.1 Å². The summed E-state index contributed by atoms with van der Waals surface area (Å²) < 4.78 is 5.46. The topological polar surface area (TPSA) is 50.4 Å². The Bertz CT molecular complexity index is 419. The number of aryl methyl sites for hydroxylation is 1. The number of carbonyl (C=O) groups is 1. The molecule has 20 heavy (non-hydrogen) atoms. The molecule has 0 saturated carbocycles. The monoisotopic (exact) mass is 278 g/mol. The summed E-state index contributed by atoms with van der Waals surface area (Å²) in [5, 5.41) is 5.98. The molecular formula is C16H26N2O2. The van der Waals surface area contributed by atoms with Gasteiger partial charge in [0.2, 0.25) is 0 Å². The zero-order chi connectivity index (χ0) is 14.8. The van der Waals surface area contributed by atoms with Crippen molar-refractivity contribution in [3.05, 3.63) is 29.3 Å². The minimum Gasteiger partial charge on any atom is -0.387 e. The summed E-state index contributed by atoms with van der Waals surface area (Å²) in [4.78, 5) is 12.1. The second-order valence-electron chi connectivity index (χ2n) is 4.87. The smallest absolute Gasteiger partial charge is 0.253 e. The van der Waals surface area contributed by atoms with Gasteiger partial charge in [0.25, 0.3) is 5.91 Å². The van der Waals surface area contributed by atoms with E-state index in [1.54, 1.807) is 0 Å². The Morgan fingerprint density at radius 1 is 1.25 bits per heavy atom. The zero-order valence-electron chi connectivity index (χ0n) is 12.8. The lowest BCUT2D eigenvalue weighted by Gasteiger charge is -2.11. The van der Waals surface area contributed by atoms with Crippen molar-refractivity contribution < 1.29 is 9.53 Å². The summed E-state index contributed by atoms with van der Waals surface area (Å²) in [6, 6.07) is 5.82. The largest absolute Gasteiger partial charge is 0.387 e. The van der Waals surface area contributed by atoms with Crippen LogP contribution in [0.5, 0.6) is 0 Å². The van der Waals surface area contributed by atoms with Gasteiger partial charge in [-0.1, -0.05) is 25.0 Å². The van der Waals surface area contributed by atoms with Gasteiger partial charge in [-0.05, 0) is 31.9 Å². The van der Waals surface area contributed by atoms with E-state index in [9.17, 15) is 4.79 Å². The van der Waals surface area contributed by atoms with E-state index in [2.05, 4.69) is 17.6 Å². The molecule has 0 unspecified atom stereocenters. The Balaban J connectivity index is 2.34. The first kappa shape index (κ1) is 16.5. The van der Waals surface area contributed by atoms with Crippen LogP contribution in [0.4, 0.5) is 5.69 Å². The molecule has 1 aromatic carbocycles. The average Bonchev–Trinajstić information content (AvgIpc) is 2.46. The predicted octanol–water partition coefficient (Wildman–Crippen LogP) is 2.97. The zero-order valence-corrected chi connectivity index (χ0v) is 12.8. The molecule has 0 fully saturated rings. The van der Waals surface area contributed by atoms with E-state index in [1.807, 2.05) is 32.2 Å². The third-order valence-corrected chi connectivity index (χ3v) is 3.08.